The maximum atomic E-state index is 12.9. The molecule has 1 fully saturated rings. The first-order valence-corrected chi connectivity index (χ1v) is 16.6. The van der Waals surface area contributed by atoms with E-state index in [2.05, 4.69) is 0 Å². The molecule has 0 saturated carbocycles. The summed E-state index contributed by atoms with van der Waals surface area (Å²) in [7, 11) is -3.85. The summed E-state index contributed by atoms with van der Waals surface area (Å²) in [5, 5.41) is 0. The summed E-state index contributed by atoms with van der Waals surface area (Å²) in [6.45, 7) is 5.04. The molecule has 3 aromatic carbocycles. The van der Waals surface area contributed by atoms with Gasteiger partial charge in [0.25, 0.3) is 10.1 Å². The van der Waals surface area contributed by atoms with Crippen LogP contribution in [0.3, 0.4) is 0 Å². The lowest BCUT2D eigenvalue weighted by Crippen LogP contribution is -2.58. The highest BCUT2D eigenvalue weighted by Gasteiger charge is 2.51. The van der Waals surface area contributed by atoms with Crippen LogP contribution >= 0.6 is 11.8 Å². The quantitative estimate of drug-likeness (QED) is 0.186. The summed E-state index contributed by atoms with van der Waals surface area (Å²) in [4.78, 5) is -1.09. The highest BCUT2D eigenvalue weighted by atomic mass is 32.2. The number of benzene rings is 3. The van der Waals surface area contributed by atoms with Gasteiger partial charge in [-0.15, -0.1) is 11.8 Å². The highest BCUT2D eigenvalue weighted by Crippen LogP contribution is 2.42. The molecule has 0 bridgehead atoms. The van der Waals surface area contributed by atoms with E-state index in [4.69, 9.17) is 23.1 Å². The molecule has 3 aromatic rings. The molecule has 222 valence electrons. The van der Waals surface area contributed by atoms with Crippen LogP contribution in [-0.4, -0.2) is 56.4 Å². The monoisotopic (exact) mass is 600 g/mol. The Morgan fingerprint density at radius 2 is 1.34 bits per heavy atom. The van der Waals surface area contributed by atoms with Crippen molar-refractivity contribution in [2.75, 3.05) is 24.7 Å². The average molecular weight is 601 g/mol. The lowest BCUT2D eigenvalue weighted by molar-refractivity contribution is -0.225. The summed E-state index contributed by atoms with van der Waals surface area (Å²) < 4.78 is 56.9. The van der Waals surface area contributed by atoms with Crippen molar-refractivity contribution in [1.29, 1.82) is 0 Å². The summed E-state index contributed by atoms with van der Waals surface area (Å²) in [6, 6.07) is 29.8. The normalized spacial score (nSPS) is 22.9. The third-order valence-electron chi connectivity index (χ3n) is 6.70. The van der Waals surface area contributed by atoms with Crippen LogP contribution in [0.4, 0.5) is 0 Å². The molecule has 0 radical (unpaired) electrons. The van der Waals surface area contributed by atoms with E-state index in [-0.39, 0.29) is 19.0 Å². The van der Waals surface area contributed by atoms with Crippen molar-refractivity contribution in [3.63, 3.8) is 0 Å². The van der Waals surface area contributed by atoms with Crippen LogP contribution in [-0.2, 0) is 53.1 Å². The average Bonchev–Trinajstić information content (AvgIpc) is 2.97. The van der Waals surface area contributed by atoms with Gasteiger partial charge in [0.2, 0.25) is 0 Å². The van der Waals surface area contributed by atoms with E-state index in [1.54, 1.807) is 6.92 Å². The topological polar surface area (TPSA) is 80.3 Å². The second-order valence-electron chi connectivity index (χ2n) is 9.91. The lowest BCUT2D eigenvalue weighted by atomic mass is 9.97. The van der Waals surface area contributed by atoms with Gasteiger partial charge in [0.05, 0.1) is 39.1 Å². The predicted molar refractivity (Wildman–Crippen MR) is 162 cm³/mol. The van der Waals surface area contributed by atoms with E-state index in [9.17, 15) is 8.42 Å². The lowest BCUT2D eigenvalue weighted by Gasteiger charge is -2.47. The minimum absolute atomic E-state index is 0.0650. The first kappa shape index (κ1) is 31.7. The van der Waals surface area contributed by atoms with Crippen LogP contribution in [0, 0.1) is 0 Å². The maximum Gasteiger partial charge on any atom is 0.271 e. The Morgan fingerprint density at radius 1 is 0.805 bits per heavy atom. The molecule has 9 heteroatoms. The number of hydrogen-bond acceptors (Lipinski definition) is 8. The van der Waals surface area contributed by atoms with Crippen molar-refractivity contribution >= 4 is 21.9 Å². The summed E-state index contributed by atoms with van der Waals surface area (Å²) in [6.07, 6.45) is -1.20. The Kier molecular flexibility index (Phi) is 12.2. The Bertz CT molecular complexity index is 1260. The Labute approximate surface area is 248 Å². The van der Waals surface area contributed by atoms with Gasteiger partial charge >= 0.3 is 0 Å². The molecule has 0 N–H and O–H groups in total. The number of hydrogen-bond donors (Lipinski definition) is 0. The standard InChI is InChI=1S/C32H40O7S2/c1-3-38-41(33,34)25-32(40-4-2)20-29(36-22-27-16-10-6-11-17-27)31(37-23-28-18-12-7-13-19-28)30(39-32)24-35-21-26-14-8-5-9-15-26/h5-19,29-31H,3-4,20-25H2,1-2H3/t29-,30-,31+,32+/m1/s1. The molecule has 0 aromatic heterocycles. The van der Waals surface area contributed by atoms with E-state index < -0.39 is 33.4 Å². The van der Waals surface area contributed by atoms with E-state index in [0.29, 0.717) is 32.0 Å². The molecule has 4 rings (SSSR count). The van der Waals surface area contributed by atoms with E-state index in [1.807, 2.05) is 97.9 Å². The molecule has 0 aliphatic carbocycles. The van der Waals surface area contributed by atoms with Crippen LogP contribution in [0.5, 0.6) is 0 Å². The third kappa shape index (κ3) is 9.92. The second kappa shape index (κ2) is 15.8. The molecule has 4 atom stereocenters. The van der Waals surface area contributed by atoms with Crippen molar-refractivity contribution in [3.05, 3.63) is 108 Å². The molecular formula is C32H40O7S2. The van der Waals surface area contributed by atoms with Gasteiger partial charge in [-0.3, -0.25) is 4.18 Å². The first-order chi connectivity index (χ1) is 19.9. The van der Waals surface area contributed by atoms with Gasteiger partial charge in [-0.25, -0.2) is 0 Å². The summed E-state index contributed by atoms with van der Waals surface area (Å²) in [5.74, 6) is 0.359. The fourth-order valence-corrected chi connectivity index (χ4v) is 7.88. The fraction of sp³-hybridized carbons (Fsp3) is 0.438. The minimum atomic E-state index is -3.85. The van der Waals surface area contributed by atoms with Crippen LogP contribution in [0.2, 0.25) is 0 Å². The van der Waals surface area contributed by atoms with Crippen molar-refractivity contribution in [3.8, 4) is 0 Å². The van der Waals surface area contributed by atoms with Crippen molar-refractivity contribution in [2.24, 2.45) is 0 Å². The van der Waals surface area contributed by atoms with Crippen LogP contribution in [0.1, 0.15) is 37.0 Å². The van der Waals surface area contributed by atoms with Crippen LogP contribution in [0.15, 0.2) is 91.0 Å². The molecule has 0 amide bonds. The SMILES string of the molecule is CCOS(=O)(=O)C[C@@]1(SCC)C[C@@H](OCc2ccccc2)[C@H](OCc2ccccc2)[C@@H](COCc2ccccc2)O1. The zero-order chi connectivity index (χ0) is 29.0. The van der Waals surface area contributed by atoms with E-state index >= 15 is 0 Å². The summed E-state index contributed by atoms with van der Waals surface area (Å²) >= 11 is 1.46. The Balaban J connectivity index is 1.62. The third-order valence-corrected chi connectivity index (χ3v) is 9.52. The van der Waals surface area contributed by atoms with Gasteiger partial charge < -0.3 is 18.9 Å². The van der Waals surface area contributed by atoms with Gasteiger partial charge in [-0.2, -0.15) is 8.42 Å². The van der Waals surface area contributed by atoms with Gasteiger partial charge in [0.1, 0.15) is 22.9 Å². The largest absolute Gasteiger partial charge is 0.374 e. The van der Waals surface area contributed by atoms with Crippen LogP contribution < -0.4 is 0 Å². The van der Waals surface area contributed by atoms with Crippen LogP contribution in [0.25, 0.3) is 0 Å². The zero-order valence-corrected chi connectivity index (χ0v) is 25.4. The minimum Gasteiger partial charge on any atom is -0.374 e. The van der Waals surface area contributed by atoms with Crippen molar-refractivity contribution in [1.82, 2.24) is 0 Å². The van der Waals surface area contributed by atoms with E-state index in [0.717, 1.165) is 16.7 Å². The molecule has 0 spiro atoms. The Hall–Kier alpha value is -2.24. The highest BCUT2D eigenvalue weighted by molar-refractivity contribution is 8.01. The van der Waals surface area contributed by atoms with Crippen molar-refractivity contribution in [2.45, 2.75) is 63.3 Å². The molecular weight excluding hydrogens is 560 g/mol. The van der Waals surface area contributed by atoms with Gasteiger partial charge in [-0.05, 0) is 29.4 Å². The van der Waals surface area contributed by atoms with E-state index in [1.165, 1.54) is 11.8 Å². The Morgan fingerprint density at radius 3 is 1.88 bits per heavy atom. The molecule has 1 aliphatic rings. The smallest absolute Gasteiger partial charge is 0.271 e. The number of thioether (sulfide) groups is 1. The summed E-state index contributed by atoms with van der Waals surface area (Å²) in [5.41, 5.74) is 3.08. The van der Waals surface area contributed by atoms with Gasteiger partial charge in [-0.1, -0.05) is 97.9 Å². The second-order valence-corrected chi connectivity index (χ2v) is 13.2. The molecule has 7 nitrogen and oxygen atoms in total. The zero-order valence-electron chi connectivity index (χ0n) is 23.7. The first-order valence-electron chi connectivity index (χ1n) is 14.0. The fourth-order valence-electron chi connectivity index (χ4n) is 4.94. The number of ether oxygens (including phenoxy) is 4. The van der Waals surface area contributed by atoms with Gasteiger partial charge in [0, 0.05) is 6.42 Å². The number of rotatable bonds is 16. The molecule has 41 heavy (non-hydrogen) atoms. The maximum absolute atomic E-state index is 12.9. The molecule has 1 aliphatic heterocycles. The molecule has 0 unspecified atom stereocenters. The van der Waals surface area contributed by atoms with Crippen molar-refractivity contribution < 1.29 is 31.5 Å². The van der Waals surface area contributed by atoms with Gasteiger partial charge in [0.15, 0.2) is 0 Å². The molecule has 1 heterocycles. The predicted octanol–water partition coefficient (Wildman–Crippen LogP) is 5.98. The molecule has 1 saturated heterocycles.